The number of hydrogen-bond donors (Lipinski definition) is 3. The van der Waals surface area contributed by atoms with Crippen LogP contribution in [0.2, 0.25) is 0 Å². The number of hydrogen-bond acceptors (Lipinski definition) is 10. The van der Waals surface area contributed by atoms with Gasteiger partial charge in [-0.25, -0.2) is 9.37 Å². The first kappa shape index (κ1) is 39.2. The van der Waals surface area contributed by atoms with Gasteiger partial charge in [0.05, 0.1) is 36.9 Å². The number of aliphatic hydroxyl groups excluding tert-OH is 1. The Morgan fingerprint density at radius 3 is 2.44 bits per heavy atom. The van der Waals surface area contributed by atoms with Crippen molar-refractivity contribution in [3.63, 3.8) is 0 Å². The second-order valence-electron chi connectivity index (χ2n) is 15.4. The summed E-state index contributed by atoms with van der Waals surface area (Å²) in [5, 5.41) is 16.6. The number of amides is 2. The Morgan fingerprint density at radius 2 is 1.76 bits per heavy atom. The molecule has 2 amide bonds. The number of carbonyl (C=O) groups excluding carboxylic acids is 2. The molecule has 2 aliphatic carbocycles. The molecule has 1 aromatic heterocycles. The van der Waals surface area contributed by atoms with Crippen LogP contribution < -0.4 is 30.1 Å². The van der Waals surface area contributed by atoms with E-state index < -0.39 is 5.54 Å². The quantitative estimate of drug-likeness (QED) is 0.174. The van der Waals surface area contributed by atoms with Gasteiger partial charge in [0, 0.05) is 48.4 Å². The molecular formula is C41H53BrFN7O5. The van der Waals surface area contributed by atoms with Crippen LogP contribution >= 0.6 is 15.9 Å². The fourth-order valence-electron chi connectivity index (χ4n) is 8.99. The van der Waals surface area contributed by atoms with E-state index in [0.29, 0.717) is 60.0 Å². The number of carbonyl (C=O) groups is 2. The Balaban J connectivity index is 0.977. The zero-order chi connectivity index (χ0) is 38.7. The van der Waals surface area contributed by atoms with Crippen LogP contribution in [0.15, 0.2) is 47.1 Å². The van der Waals surface area contributed by atoms with Crippen molar-refractivity contribution in [1.29, 1.82) is 0 Å². The molecule has 2 aromatic carbocycles. The highest BCUT2D eigenvalue weighted by molar-refractivity contribution is 9.10. The van der Waals surface area contributed by atoms with E-state index in [1.807, 2.05) is 19.1 Å². The lowest BCUT2D eigenvalue weighted by Gasteiger charge is -2.43. The zero-order valence-electron chi connectivity index (χ0n) is 32.0. The number of aliphatic hydroxyl groups is 1. The minimum Gasteiger partial charge on any atom is -0.495 e. The molecule has 7 rings (SSSR count). The summed E-state index contributed by atoms with van der Waals surface area (Å²) in [7, 11) is 3.34. The topological polar surface area (TPSA) is 132 Å². The van der Waals surface area contributed by atoms with Crippen molar-refractivity contribution in [2.24, 2.45) is 0 Å². The summed E-state index contributed by atoms with van der Waals surface area (Å²) in [4.78, 5) is 42.5. The van der Waals surface area contributed by atoms with Crippen LogP contribution in [0.5, 0.6) is 5.75 Å². The molecule has 14 heteroatoms. The third kappa shape index (κ3) is 8.41. The highest BCUT2D eigenvalue weighted by Gasteiger charge is 2.42. The molecule has 0 radical (unpaired) electrons. The molecule has 296 valence electrons. The summed E-state index contributed by atoms with van der Waals surface area (Å²) in [6.07, 6.45) is 11.9. The standard InChI is InChI=1S/C41H53BrFN7O5/c1-4-33-39(53)48(2)35-25-44-40(46-37(35)50(33)28-7-5-6-8-28)45-32-11-9-26(23-36(32)54-3)38(52)47-41(19-22-51)17-13-29(14-18-41)55-30-15-20-49(21-16-30)34-12-10-27(42)24-31(34)43/h9-12,23-25,28-30,33,51H,4-8,13-22H2,1-3H3,(H,47,52)(H,44,45,46)/t29?,33-,41?/m1/s1. The van der Waals surface area contributed by atoms with E-state index in [4.69, 9.17) is 14.5 Å². The number of aromatic nitrogens is 2. The SMILES string of the molecule is CC[C@@H]1C(=O)N(C)c2cnc(Nc3ccc(C(=O)NC4(CCO)CCC(OC5CCN(c6ccc(Br)cc6F)CC5)CC4)cc3OC)nc2N1C1CCCC1. The summed E-state index contributed by atoms with van der Waals surface area (Å²) < 4.78 is 27.5. The van der Waals surface area contributed by atoms with E-state index in [-0.39, 0.29) is 48.5 Å². The van der Waals surface area contributed by atoms with Gasteiger partial charge in [-0.3, -0.25) is 9.59 Å². The van der Waals surface area contributed by atoms with Crippen molar-refractivity contribution >= 4 is 56.6 Å². The summed E-state index contributed by atoms with van der Waals surface area (Å²) in [6, 6.07) is 10.4. The van der Waals surface area contributed by atoms with Gasteiger partial charge >= 0.3 is 0 Å². The van der Waals surface area contributed by atoms with Gasteiger partial charge in [0.15, 0.2) is 5.82 Å². The van der Waals surface area contributed by atoms with Crippen molar-refractivity contribution in [3.8, 4) is 5.75 Å². The first-order valence-corrected chi connectivity index (χ1v) is 20.6. The average molecular weight is 823 g/mol. The van der Waals surface area contributed by atoms with Crippen molar-refractivity contribution in [2.45, 2.75) is 114 Å². The molecule has 2 saturated carbocycles. The molecular weight excluding hydrogens is 769 g/mol. The van der Waals surface area contributed by atoms with E-state index >= 15 is 0 Å². The largest absolute Gasteiger partial charge is 0.495 e. The predicted octanol–water partition coefficient (Wildman–Crippen LogP) is 7.11. The number of fused-ring (bicyclic) bond motifs is 1. The van der Waals surface area contributed by atoms with E-state index in [0.717, 1.165) is 74.7 Å². The van der Waals surface area contributed by atoms with Gasteiger partial charge in [-0.1, -0.05) is 35.7 Å². The van der Waals surface area contributed by atoms with E-state index in [1.165, 1.54) is 6.07 Å². The molecule has 0 bridgehead atoms. The molecule has 0 spiro atoms. The zero-order valence-corrected chi connectivity index (χ0v) is 33.6. The van der Waals surface area contributed by atoms with Gasteiger partial charge < -0.3 is 39.9 Å². The Hall–Kier alpha value is -4.01. The Kier molecular flexibility index (Phi) is 12.1. The number of halogens is 2. The van der Waals surface area contributed by atoms with E-state index in [1.54, 1.807) is 43.5 Å². The number of nitrogens with zero attached hydrogens (tertiary/aromatic N) is 5. The Bertz CT molecular complexity index is 1850. The summed E-state index contributed by atoms with van der Waals surface area (Å²) in [6.45, 7) is 3.47. The molecule has 1 saturated heterocycles. The summed E-state index contributed by atoms with van der Waals surface area (Å²) in [5.74, 6) is 1.19. The van der Waals surface area contributed by atoms with Crippen molar-refractivity contribution in [3.05, 3.63) is 58.4 Å². The predicted molar refractivity (Wildman–Crippen MR) is 215 cm³/mol. The van der Waals surface area contributed by atoms with E-state index in [2.05, 4.69) is 41.3 Å². The number of piperidine rings is 1. The summed E-state index contributed by atoms with van der Waals surface area (Å²) >= 11 is 3.33. The molecule has 3 fully saturated rings. The maximum atomic E-state index is 14.5. The Morgan fingerprint density at radius 1 is 1.04 bits per heavy atom. The molecule has 1 atom stereocenters. The second-order valence-corrected chi connectivity index (χ2v) is 16.4. The third-order valence-corrected chi connectivity index (χ3v) is 12.6. The van der Waals surface area contributed by atoms with Gasteiger partial charge in [-0.05, 0) is 101 Å². The number of ether oxygens (including phenoxy) is 2. The van der Waals surface area contributed by atoms with Crippen LogP contribution in [-0.4, -0.2) is 90.6 Å². The van der Waals surface area contributed by atoms with Gasteiger partial charge in [0.2, 0.25) is 11.9 Å². The number of benzene rings is 2. The molecule has 2 aliphatic heterocycles. The lowest BCUT2D eigenvalue weighted by Crippen LogP contribution is -2.55. The monoisotopic (exact) mass is 821 g/mol. The maximum Gasteiger partial charge on any atom is 0.251 e. The molecule has 3 heterocycles. The first-order valence-electron chi connectivity index (χ1n) is 19.8. The molecule has 55 heavy (non-hydrogen) atoms. The van der Waals surface area contributed by atoms with Gasteiger partial charge in [-0.15, -0.1) is 0 Å². The van der Waals surface area contributed by atoms with Crippen LogP contribution in [0, 0.1) is 5.82 Å². The molecule has 4 aliphatic rings. The number of anilines is 5. The van der Waals surface area contributed by atoms with Crippen LogP contribution in [0.4, 0.5) is 33.2 Å². The molecule has 3 aromatic rings. The van der Waals surface area contributed by atoms with Crippen LogP contribution in [0.1, 0.15) is 94.3 Å². The smallest absolute Gasteiger partial charge is 0.251 e. The van der Waals surface area contributed by atoms with Crippen LogP contribution in [0.25, 0.3) is 0 Å². The number of methoxy groups -OCH3 is 1. The fourth-order valence-corrected chi connectivity index (χ4v) is 9.32. The van der Waals surface area contributed by atoms with Gasteiger partial charge in [0.25, 0.3) is 5.91 Å². The summed E-state index contributed by atoms with van der Waals surface area (Å²) in [5.41, 5.74) is 1.82. The van der Waals surface area contributed by atoms with Crippen LogP contribution in [0.3, 0.4) is 0 Å². The molecule has 0 unspecified atom stereocenters. The number of rotatable bonds is 12. The first-order chi connectivity index (χ1) is 26.6. The highest BCUT2D eigenvalue weighted by atomic mass is 79.9. The minimum atomic E-state index is -0.550. The van der Waals surface area contributed by atoms with Crippen molar-refractivity contribution < 1.29 is 28.6 Å². The van der Waals surface area contributed by atoms with Gasteiger partial charge in [0.1, 0.15) is 23.3 Å². The van der Waals surface area contributed by atoms with Crippen molar-refractivity contribution in [1.82, 2.24) is 15.3 Å². The van der Waals surface area contributed by atoms with Gasteiger partial charge in [-0.2, -0.15) is 4.98 Å². The normalized spacial score (nSPS) is 23.5. The average Bonchev–Trinajstić information content (AvgIpc) is 3.72. The molecule has 3 N–H and O–H groups in total. The molecule has 12 nitrogen and oxygen atoms in total. The third-order valence-electron chi connectivity index (χ3n) is 12.1. The van der Waals surface area contributed by atoms with Crippen LogP contribution in [-0.2, 0) is 9.53 Å². The lowest BCUT2D eigenvalue weighted by molar-refractivity contribution is -0.120. The number of nitrogens with one attached hydrogen (secondary N) is 2. The number of likely N-dealkylation sites (N-methyl/N-ethyl adjacent to an activating group) is 1. The second kappa shape index (κ2) is 17.0. The minimum absolute atomic E-state index is 0.0367. The fraction of sp³-hybridized carbons (Fsp3) is 0.561. The van der Waals surface area contributed by atoms with Crippen molar-refractivity contribution in [2.75, 3.05) is 53.9 Å². The Labute approximate surface area is 331 Å². The maximum absolute atomic E-state index is 14.5. The van der Waals surface area contributed by atoms with E-state index in [9.17, 15) is 19.1 Å². The lowest BCUT2D eigenvalue weighted by atomic mass is 9.78. The highest BCUT2D eigenvalue weighted by Crippen LogP contribution is 2.41.